The van der Waals surface area contributed by atoms with Crippen LogP contribution in [-0.2, 0) is 15.8 Å². The maximum atomic E-state index is 5.88. The van der Waals surface area contributed by atoms with Gasteiger partial charge in [-0.2, -0.15) is 0 Å². The molecule has 1 rings (SSSR count). The van der Waals surface area contributed by atoms with Crippen molar-refractivity contribution in [2.24, 2.45) is 0 Å². The van der Waals surface area contributed by atoms with Crippen LogP contribution in [-0.4, -0.2) is 23.5 Å². The predicted molar refractivity (Wildman–Crippen MR) is 75.8 cm³/mol. The molecular weight excluding hydrogens is 228 g/mol. The lowest BCUT2D eigenvalue weighted by molar-refractivity contribution is 0.186. The minimum Gasteiger partial charge on any atom is -0.419 e. The fourth-order valence-corrected chi connectivity index (χ4v) is 2.96. The van der Waals surface area contributed by atoms with E-state index in [1.807, 2.05) is 18.2 Å². The average molecular weight is 250 g/mol. The quantitative estimate of drug-likeness (QED) is 0.661. The van der Waals surface area contributed by atoms with E-state index >= 15 is 0 Å². The first-order valence-corrected chi connectivity index (χ1v) is 7.48. The standard InChI is InChI=1S/C14H22O2Si/c1-4-12-8-6-7-9-13(12)10-16-17-14(5-2)11-15-3/h4,6-9,14H,1,5,10-11,17H2,2-3H3. The lowest BCUT2D eigenvalue weighted by Crippen LogP contribution is -2.12. The molecule has 0 saturated carbocycles. The van der Waals surface area contributed by atoms with E-state index in [0.717, 1.165) is 13.0 Å². The highest BCUT2D eigenvalue weighted by Gasteiger charge is 2.07. The molecule has 17 heavy (non-hydrogen) atoms. The summed E-state index contributed by atoms with van der Waals surface area (Å²) in [5, 5.41) is 0. The molecule has 1 aromatic carbocycles. The highest BCUT2D eigenvalue weighted by atomic mass is 28.2. The second kappa shape index (κ2) is 8.23. The number of benzene rings is 1. The Balaban J connectivity index is 2.42. The van der Waals surface area contributed by atoms with E-state index in [2.05, 4.69) is 25.6 Å². The highest BCUT2D eigenvalue weighted by molar-refractivity contribution is 6.29. The van der Waals surface area contributed by atoms with Gasteiger partial charge in [-0.25, -0.2) is 0 Å². The topological polar surface area (TPSA) is 18.5 Å². The van der Waals surface area contributed by atoms with E-state index in [1.165, 1.54) is 11.1 Å². The monoisotopic (exact) mass is 250 g/mol. The molecule has 1 unspecified atom stereocenters. The Bertz CT molecular complexity index is 339. The first-order valence-electron chi connectivity index (χ1n) is 6.08. The largest absolute Gasteiger partial charge is 0.419 e. The second-order valence-electron chi connectivity index (χ2n) is 4.15. The molecule has 0 saturated heterocycles. The molecule has 1 atom stereocenters. The summed E-state index contributed by atoms with van der Waals surface area (Å²) in [6.45, 7) is 7.54. The predicted octanol–water partition coefficient (Wildman–Crippen LogP) is 2.77. The lowest BCUT2D eigenvalue weighted by atomic mass is 10.1. The number of ether oxygens (including phenoxy) is 1. The number of methoxy groups -OCH3 is 1. The van der Waals surface area contributed by atoms with Gasteiger partial charge in [0.15, 0.2) is 9.76 Å². The Hall–Kier alpha value is -0.903. The van der Waals surface area contributed by atoms with Crippen LogP contribution in [0.5, 0.6) is 0 Å². The molecule has 0 aliphatic heterocycles. The summed E-state index contributed by atoms with van der Waals surface area (Å²) in [4.78, 5) is 0. The molecular formula is C14H22O2Si. The van der Waals surface area contributed by atoms with Crippen molar-refractivity contribution in [2.45, 2.75) is 25.5 Å². The Morgan fingerprint density at radius 2 is 2.18 bits per heavy atom. The van der Waals surface area contributed by atoms with Gasteiger partial charge in [-0.05, 0) is 16.7 Å². The van der Waals surface area contributed by atoms with Crippen molar-refractivity contribution in [3.8, 4) is 0 Å². The first kappa shape index (κ1) is 14.2. The third-order valence-electron chi connectivity index (χ3n) is 2.87. The van der Waals surface area contributed by atoms with Crippen LogP contribution in [0.2, 0.25) is 5.54 Å². The normalized spacial score (nSPS) is 13.1. The van der Waals surface area contributed by atoms with Crippen molar-refractivity contribution in [1.29, 1.82) is 0 Å². The molecule has 0 spiro atoms. The molecule has 0 bridgehead atoms. The molecule has 0 radical (unpaired) electrons. The van der Waals surface area contributed by atoms with Gasteiger partial charge in [-0.15, -0.1) is 0 Å². The summed E-state index contributed by atoms with van der Waals surface area (Å²) in [5.41, 5.74) is 3.01. The van der Waals surface area contributed by atoms with Crippen LogP contribution in [0.15, 0.2) is 30.8 Å². The summed E-state index contributed by atoms with van der Waals surface area (Å²) in [7, 11) is 1.24. The van der Waals surface area contributed by atoms with Crippen molar-refractivity contribution in [3.63, 3.8) is 0 Å². The summed E-state index contributed by atoms with van der Waals surface area (Å²) in [5.74, 6) is 0. The molecule has 0 fully saturated rings. The zero-order chi connectivity index (χ0) is 12.5. The van der Waals surface area contributed by atoms with Gasteiger partial charge in [0, 0.05) is 13.7 Å². The average Bonchev–Trinajstić information content (AvgIpc) is 2.38. The van der Waals surface area contributed by atoms with Gasteiger partial charge >= 0.3 is 0 Å². The summed E-state index contributed by atoms with van der Waals surface area (Å²) in [6, 6.07) is 8.24. The fraction of sp³-hybridized carbons (Fsp3) is 0.429. The van der Waals surface area contributed by atoms with Crippen LogP contribution in [0, 0.1) is 0 Å². The van der Waals surface area contributed by atoms with E-state index in [0.29, 0.717) is 12.1 Å². The summed E-state index contributed by atoms with van der Waals surface area (Å²) < 4.78 is 11.1. The maximum absolute atomic E-state index is 5.88. The van der Waals surface area contributed by atoms with Crippen molar-refractivity contribution in [2.75, 3.05) is 13.7 Å². The third kappa shape index (κ3) is 4.85. The van der Waals surface area contributed by atoms with Gasteiger partial charge < -0.3 is 9.16 Å². The molecule has 0 aliphatic rings. The van der Waals surface area contributed by atoms with Gasteiger partial charge in [0.25, 0.3) is 0 Å². The fourth-order valence-electron chi connectivity index (χ4n) is 1.72. The van der Waals surface area contributed by atoms with Crippen LogP contribution in [0.25, 0.3) is 6.08 Å². The highest BCUT2D eigenvalue weighted by Crippen LogP contribution is 2.13. The number of hydrogen-bond acceptors (Lipinski definition) is 2. The molecule has 1 aromatic rings. The molecule has 0 amide bonds. The molecule has 0 aromatic heterocycles. The van der Waals surface area contributed by atoms with E-state index in [9.17, 15) is 0 Å². The molecule has 2 nitrogen and oxygen atoms in total. The van der Waals surface area contributed by atoms with Gasteiger partial charge in [0.05, 0.1) is 6.61 Å². The van der Waals surface area contributed by atoms with Crippen LogP contribution in [0.1, 0.15) is 24.5 Å². The van der Waals surface area contributed by atoms with Crippen molar-refractivity contribution >= 4 is 15.8 Å². The van der Waals surface area contributed by atoms with E-state index in [4.69, 9.17) is 9.16 Å². The van der Waals surface area contributed by atoms with Gasteiger partial charge in [0.2, 0.25) is 0 Å². The number of rotatable bonds is 8. The zero-order valence-corrected chi connectivity index (χ0v) is 12.2. The first-order chi connectivity index (χ1) is 8.31. The summed E-state index contributed by atoms with van der Waals surface area (Å²) in [6.07, 6.45) is 3.02. The smallest absolute Gasteiger partial charge is 0.167 e. The summed E-state index contributed by atoms with van der Waals surface area (Å²) >= 11 is 0. The second-order valence-corrected chi connectivity index (χ2v) is 6.04. The minimum absolute atomic E-state index is 0.512. The Morgan fingerprint density at radius 1 is 1.41 bits per heavy atom. The van der Waals surface area contributed by atoms with E-state index in [1.54, 1.807) is 7.11 Å². The van der Waals surface area contributed by atoms with E-state index in [-0.39, 0.29) is 0 Å². The van der Waals surface area contributed by atoms with E-state index < -0.39 is 9.76 Å². The molecule has 3 heteroatoms. The van der Waals surface area contributed by atoms with Crippen LogP contribution >= 0.6 is 0 Å². The van der Waals surface area contributed by atoms with Crippen LogP contribution in [0.4, 0.5) is 0 Å². The molecule has 0 heterocycles. The maximum Gasteiger partial charge on any atom is 0.167 e. The number of hydrogen-bond donors (Lipinski definition) is 0. The Labute approximate surface area is 107 Å². The third-order valence-corrected chi connectivity index (χ3v) is 4.59. The van der Waals surface area contributed by atoms with Gasteiger partial charge in [-0.3, -0.25) is 0 Å². The van der Waals surface area contributed by atoms with Crippen LogP contribution in [0.3, 0.4) is 0 Å². The molecule has 0 aliphatic carbocycles. The van der Waals surface area contributed by atoms with Crippen molar-refractivity contribution in [3.05, 3.63) is 42.0 Å². The SMILES string of the molecule is C=Cc1ccccc1CO[SiH2]C(CC)COC. The molecule has 94 valence electrons. The lowest BCUT2D eigenvalue weighted by Gasteiger charge is -2.14. The van der Waals surface area contributed by atoms with Gasteiger partial charge in [0.1, 0.15) is 0 Å². The Morgan fingerprint density at radius 3 is 2.82 bits per heavy atom. The zero-order valence-electron chi connectivity index (χ0n) is 10.8. The van der Waals surface area contributed by atoms with Crippen molar-refractivity contribution in [1.82, 2.24) is 0 Å². The van der Waals surface area contributed by atoms with Crippen molar-refractivity contribution < 1.29 is 9.16 Å². The van der Waals surface area contributed by atoms with Gasteiger partial charge in [-0.1, -0.05) is 50.3 Å². The Kier molecular flexibility index (Phi) is 6.85. The molecule has 0 N–H and O–H groups in total. The van der Waals surface area contributed by atoms with Crippen LogP contribution < -0.4 is 0 Å². The minimum atomic E-state index is -0.512.